The molecule has 1 aliphatic heterocycles. The molecule has 0 aromatic heterocycles. The fourth-order valence-electron chi connectivity index (χ4n) is 3.47. The lowest BCUT2D eigenvalue weighted by Crippen LogP contribution is -2.40. The zero-order chi connectivity index (χ0) is 22.8. The quantitative estimate of drug-likeness (QED) is 0.717. The topological polar surface area (TPSA) is 95.6 Å². The fourth-order valence-corrected chi connectivity index (χ4v) is 4.91. The monoisotopic (exact) mass is 443 g/mol. The first-order valence-corrected chi connectivity index (χ1v) is 11.8. The number of aryl methyl sites for hydroxylation is 1. The SMILES string of the molecule is Cc1ccc(S(=O)(=O)NC(C)(C)C)cc1C(=O)NCc1ccc(N2CCCC2=O)cc1. The molecule has 1 heterocycles. The Morgan fingerprint density at radius 3 is 2.35 bits per heavy atom. The summed E-state index contributed by atoms with van der Waals surface area (Å²) in [7, 11) is -3.74. The van der Waals surface area contributed by atoms with Crippen molar-refractivity contribution in [2.75, 3.05) is 11.4 Å². The van der Waals surface area contributed by atoms with Crippen LogP contribution in [0.15, 0.2) is 47.4 Å². The standard InChI is InChI=1S/C23H29N3O4S/c1-16-7-12-19(31(29,30)25-23(2,3)4)14-20(16)22(28)24-15-17-8-10-18(11-9-17)26-13-5-6-21(26)27/h7-12,14,25H,5-6,13,15H2,1-4H3,(H,24,28). The number of benzene rings is 2. The summed E-state index contributed by atoms with van der Waals surface area (Å²) in [6.07, 6.45) is 1.45. The molecular weight excluding hydrogens is 414 g/mol. The first kappa shape index (κ1) is 23.0. The summed E-state index contributed by atoms with van der Waals surface area (Å²) in [6, 6.07) is 12.0. The molecule has 0 atom stereocenters. The molecule has 7 nitrogen and oxygen atoms in total. The van der Waals surface area contributed by atoms with Gasteiger partial charge in [0.05, 0.1) is 4.90 Å². The molecule has 2 aromatic rings. The largest absolute Gasteiger partial charge is 0.348 e. The van der Waals surface area contributed by atoms with Gasteiger partial charge >= 0.3 is 0 Å². The third-order valence-corrected chi connectivity index (χ3v) is 6.73. The van der Waals surface area contributed by atoms with Gasteiger partial charge in [0.2, 0.25) is 15.9 Å². The minimum atomic E-state index is -3.74. The van der Waals surface area contributed by atoms with Crippen molar-refractivity contribution in [3.8, 4) is 0 Å². The van der Waals surface area contributed by atoms with E-state index in [9.17, 15) is 18.0 Å². The van der Waals surface area contributed by atoms with Gasteiger partial charge in [-0.15, -0.1) is 0 Å². The van der Waals surface area contributed by atoms with Gasteiger partial charge in [0, 0.05) is 36.3 Å². The summed E-state index contributed by atoms with van der Waals surface area (Å²) in [6.45, 7) is 8.08. The Bertz CT molecular complexity index is 1090. The van der Waals surface area contributed by atoms with E-state index < -0.39 is 15.6 Å². The molecule has 0 spiro atoms. The lowest BCUT2D eigenvalue weighted by atomic mass is 10.1. The summed E-state index contributed by atoms with van der Waals surface area (Å²) in [5, 5.41) is 2.85. The highest BCUT2D eigenvalue weighted by Gasteiger charge is 2.24. The molecule has 3 rings (SSSR count). The van der Waals surface area contributed by atoms with Crippen LogP contribution in [0.5, 0.6) is 0 Å². The van der Waals surface area contributed by atoms with Crippen LogP contribution in [0.1, 0.15) is 55.1 Å². The number of carbonyl (C=O) groups excluding carboxylic acids is 2. The number of anilines is 1. The lowest BCUT2D eigenvalue weighted by Gasteiger charge is -2.20. The van der Waals surface area contributed by atoms with Gasteiger partial charge in [-0.25, -0.2) is 13.1 Å². The molecule has 31 heavy (non-hydrogen) atoms. The Morgan fingerprint density at radius 2 is 1.77 bits per heavy atom. The highest BCUT2D eigenvalue weighted by molar-refractivity contribution is 7.89. The molecule has 2 N–H and O–H groups in total. The number of carbonyl (C=O) groups is 2. The van der Waals surface area contributed by atoms with Crippen LogP contribution < -0.4 is 14.9 Å². The van der Waals surface area contributed by atoms with E-state index in [-0.39, 0.29) is 16.7 Å². The van der Waals surface area contributed by atoms with Gasteiger partial charge in [-0.1, -0.05) is 18.2 Å². The number of amides is 2. The third-order valence-electron chi connectivity index (χ3n) is 4.98. The minimum Gasteiger partial charge on any atom is -0.348 e. The van der Waals surface area contributed by atoms with Crippen LogP contribution in [0.3, 0.4) is 0 Å². The minimum absolute atomic E-state index is 0.0535. The summed E-state index contributed by atoms with van der Waals surface area (Å²) in [5.74, 6) is -0.212. The number of nitrogens with one attached hydrogen (secondary N) is 2. The van der Waals surface area contributed by atoms with Crippen molar-refractivity contribution in [2.24, 2.45) is 0 Å². The highest BCUT2D eigenvalue weighted by atomic mass is 32.2. The van der Waals surface area contributed by atoms with Crippen LogP contribution in [0.2, 0.25) is 0 Å². The zero-order valence-electron chi connectivity index (χ0n) is 18.4. The van der Waals surface area contributed by atoms with Crippen molar-refractivity contribution in [2.45, 2.75) is 57.5 Å². The lowest BCUT2D eigenvalue weighted by molar-refractivity contribution is -0.117. The first-order valence-electron chi connectivity index (χ1n) is 10.3. The number of rotatable bonds is 6. The number of sulfonamides is 1. The van der Waals surface area contributed by atoms with E-state index in [4.69, 9.17) is 0 Å². The average Bonchev–Trinajstić information content (AvgIpc) is 3.11. The zero-order valence-corrected chi connectivity index (χ0v) is 19.2. The molecule has 0 aliphatic carbocycles. The molecule has 8 heteroatoms. The maximum Gasteiger partial charge on any atom is 0.251 e. The second-order valence-electron chi connectivity index (χ2n) is 8.83. The summed E-state index contributed by atoms with van der Waals surface area (Å²) < 4.78 is 27.8. The molecule has 2 aromatic carbocycles. The van der Waals surface area contributed by atoms with Gasteiger partial charge in [0.15, 0.2) is 0 Å². The van der Waals surface area contributed by atoms with E-state index in [2.05, 4.69) is 10.0 Å². The van der Waals surface area contributed by atoms with Gasteiger partial charge < -0.3 is 10.2 Å². The van der Waals surface area contributed by atoms with E-state index in [0.29, 0.717) is 24.1 Å². The molecule has 1 saturated heterocycles. The molecule has 0 saturated carbocycles. The first-order chi connectivity index (χ1) is 14.5. The predicted molar refractivity (Wildman–Crippen MR) is 120 cm³/mol. The molecular formula is C23H29N3O4S. The maximum absolute atomic E-state index is 12.7. The Balaban J connectivity index is 1.70. The average molecular weight is 444 g/mol. The van der Waals surface area contributed by atoms with Gasteiger partial charge in [-0.3, -0.25) is 9.59 Å². The van der Waals surface area contributed by atoms with Gasteiger partial charge in [0.1, 0.15) is 0 Å². The third kappa shape index (κ3) is 5.71. The van der Waals surface area contributed by atoms with Crippen LogP contribution in [-0.2, 0) is 21.4 Å². The molecule has 1 aliphatic rings. The second kappa shape index (κ2) is 8.80. The van der Waals surface area contributed by atoms with Crippen molar-refractivity contribution < 1.29 is 18.0 Å². The van der Waals surface area contributed by atoms with Crippen LogP contribution in [-0.4, -0.2) is 32.3 Å². The number of hydrogen-bond acceptors (Lipinski definition) is 4. The Morgan fingerprint density at radius 1 is 1.10 bits per heavy atom. The number of hydrogen-bond donors (Lipinski definition) is 2. The van der Waals surface area contributed by atoms with E-state index in [1.54, 1.807) is 38.7 Å². The van der Waals surface area contributed by atoms with Crippen molar-refractivity contribution in [3.63, 3.8) is 0 Å². The molecule has 2 amide bonds. The van der Waals surface area contributed by atoms with Gasteiger partial charge in [-0.05, 0) is 69.5 Å². The summed E-state index contributed by atoms with van der Waals surface area (Å²) >= 11 is 0. The van der Waals surface area contributed by atoms with Crippen molar-refractivity contribution >= 4 is 27.5 Å². The van der Waals surface area contributed by atoms with Crippen LogP contribution in [0.25, 0.3) is 0 Å². The highest BCUT2D eigenvalue weighted by Crippen LogP contribution is 2.22. The van der Waals surface area contributed by atoms with Crippen molar-refractivity contribution in [3.05, 3.63) is 59.2 Å². The van der Waals surface area contributed by atoms with E-state index >= 15 is 0 Å². The normalized spacial score (nSPS) is 14.7. The van der Waals surface area contributed by atoms with E-state index in [1.807, 2.05) is 24.3 Å². The molecule has 0 radical (unpaired) electrons. The maximum atomic E-state index is 12.7. The summed E-state index contributed by atoms with van der Waals surface area (Å²) in [5.41, 5.74) is 2.13. The molecule has 166 valence electrons. The van der Waals surface area contributed by atoms with E-state index in [0.717, 1.165) is 24.2 Å². The van der Waals surface area contributed by atoms with E-state index in [1.165, 1.54) is 12.1 Å². The fraction of sp³-hybridized carbons (Fsp3) is 0.391. The number of nitrogens with zero attached hydrogens (tertiary/aromatic N) is 1. The van der Waals surface area contributed by atoms with Crippen LogP contribution >= 0.6 is 0 Å². The Labute approximate surface area is 183 Å². The smallest absolute Gasteiger partial charge is 0.251 e. The van der Waals surface area contributed by atoms with Gasteiger partial charge in [-0.2, -0.15) is 0 Å². The molecule has 0 unspecified atom stereocenters. The summed E-state index contributed by atoms with van der Waals surface area (Å²) in [4.78, 5) is 26.4. The van der Waals surface area contributed by atoms with Crippen molar-refractivity contribution in [1.29, 1.82) is 0 Å². The Hall–Kier alpha value is -2.71. The van der Waals surface area contributed by atoms with Crippen LogP contribution in [0.4, 0.5) is 5.69 Å². The molecule has 1 fully saturated rings. The Kier molecular flexibility index (Phi) is 6.52. The van der Waals surface area contributed by atoms with Crippen molar-refractivity contribution in [1.82, 2.24) is 10.0 Å². The van der Waals surface area contributed by atoms with Gasteiger partial charge in [0.25, 0.3) is 5.91 Å². The predicted octanol–water partition coefficient (Wildman–Crippen LogP) is 3.13. The second-order valence-corrected chi connectivity index (χ2v) is 10.5. The molecule has 0 bridgehead atoms. The van der Waals surface area contributed by atoms with Crippen LogP contribution in [0, 0.1) is 6.92 Å².